The summed E-state index contributed by atoms with van der Waals surface area (Å²) in [4.78, 5) is 3.95. The zero-order chi connectivity index (χ0) is 27.2. The summed E-state index contributed by atoms with van der Waals surface area (Å²) in [6.45, 7) is 0. The molecule has 203 valence electrons. The summed E-state index contributed by atoms with van der Waals surface area (Å²) in [6.07, 6.45) is 13.0. The molecule has 0 saturated heterocycles. The molecule has 9 heteroatoms. The second-order valence-corrected chi connectivity index (χ2v) is 9.41. The molecule has 0 spiro atoms. The Hall–Kier alpha value is -4.20. The number of nitrogens with zero attached hydrogens (tertiary/aromatic N) is 5. The molecule has 5 nitrogen and oxygen atoms in total. The predicted octanol–water partition coefficient (Wildman–Crippen LogP) is 5.01. The minimum atomic E-state index is -1.38. The van der Waals surface area contributed by atoms with Crippen LogP contribution >= 0.6 is 0 Å². The molecular formula is C31H28BF2IrN5. The summed E-state index contributed by atoms with van der Waals surface area (Å²) in [5.74, 6) is -1.29. The second kappa shape index (κ2) is 12.8. The monoisotopic (exact) mass is 712 g/mol. The Balaban J connectivity index is 0.000000210. The smallest absolute Gasteiger partial charge is 0.302 e. The van der Waals surface area contributed by atoms with Gasteiger partial charge in [-0.2, -0.15) is 10.9 Å². The van der Waals surface area contributed by atoms with E-state index in [0.29, 0.717) is 5.69 Å². The summed E-state index contributed by atoms with van der Waals surface area (Å²) >= 11 is 0. The van der Waals surface area contributed by atoms with E-state index < -0.39 is 18.1 Å². The van der Waals surface area contributed by atoms with Crippen molar-refractivity contribution in [3.63, 3.8) is 0 Å². The second-order valence-electron chi connectivity index (χ2n) is 9.41. The topological polar surface area (TPSA) is 32.6 Å². The van der Waals surface area contributed by atoms with E-state index in [4.69, 9.17) is 0 Å². The van der Waals surface area contributed by atoms with E-state index in [1.54, 1.807) is 24.4 Å². The zero-order valence-electron chi connectivity index (χ0n) is 22.1. The molecule has 0 aliphatic heterocycles. The van der Waals surface area contributed by atoms with Crippen molar-refractivity contribution in [2.75, 3.05) is 0 Å². The fraction of sp³-hybridized carbons (Fsp3) is 0.0645. The van der Waals surface area contributed by atoms with Gasteiger partial charge in [0, 0.05) is 52.0 Å². The Labute approximate surface area is 246 Å². The van der Waals surface area contributed by atoms with Crippen LogP contribution in [0.3, 0.4) is 0 Å². The first-order valence-electron chi connectivity index (χ1n) is 12.6. The average Bonchev–Trinajstić information content (AvgIpc) is 3.60. The van der Waals surface area contributed by atoms with Gasteiger partial charge in [0.15, 0.2) is 12.4 Å². The Morgan fingerprint density at radius 2 is 1.25 bits per heavy atom. The van der Waals surface area contributed by atoms with E-state index in [9.17, 15) is 8.78 Å². The molecule has 0 saturated carbocycles. The van der Waals surface area contributed by atoms with Gasteiger partial charge in [-0.3, -0.25) is 8.78 Å². The van der Waals surface area contributed by atoms with Crippen molar-refractivity contribution < 1.29 is 28.9 Å². The van der Waals surface area contributed by atoms with Crippen molar-refractivity contribution in [2.24, 2.45) is 14.1 Å². The van der Waals surface area contributed by atoms with Crippen LogP contribution in [0.2, 0.25) is 0 Å². The SMILES string of the molecule is Cn1ccn([B-](c2ccccc2)(c2ccccc2)n2ccn(C)[cH+]2)[cH+]1.Fc1c[c-]c(-c2ccccn2)c(F)c1.[Ir]. The Morgan fingerprint density at radius 1 is 0.725 bits per heavy atom. The molecule has 0 atom stereocenters. The summed E-state index contributed by atoms with van der Waals surface area (Å²) in [5, 5.41) is 0. The number of hydrogen-bond donors (Lipinski definition) is 0. The number of aromatic nitrogens is 5. The molecule has 1 radical (unpaired) electrons. The molecule has 3 heterocycles. The van der Waals surface area contributed by atoms with Crippen molar-refractivity contribution in [1.29, 1.82) is 0 Å². The number of aryl methyl sites for hydroxylation is 2. The van der Waals surface area contributed by atoms with Crippen LogP contribution in [0, 0.1) is 17.7 Å². The Bertz CT molecular complexity index is 1580. The van der Waals surface area contributed by atoms with Crippen LogP contribution in [-0.2, 0) is 34.2 Å². The van der Waals surface area contributed by atoms with Gasteiger partial charge in [0.1, 0.15) is 25.0 Å². The van der Waals surface area contributed by atoms with Crippen LogP contribution in [0.25, 0.3) is 11.3 Å². The average molecular weight is 712 g/mol. The van der Waals surface area contributed by atoms with Crippen molar-refractivity contribution >= 4 is 17.3 Å². The van der Waals surface area contributed by atoms with E-state index in [0.717, 1.165) is 12.1 Å². The number of hydrogen-bond acceptors (Lipinski definition) is 1. The Kier molecular flexibility index (Phi) is 9.20. The summed E-state index contributed by atoms with van der Waals surface area (Å²) < 4.78 is 34.6. The third kappa shape index (κ3) is 5.86. The van der Waals surface area contributed by atoms with E-state index in [2.05, 4.69) is 141 Å². The van der Waals surface area contributed by atoms with Crippen molar-refractivity contribution in [1.82, 2.24) is 23.1 Å². The molecule has 3 aromatic carbocycles. The van der Waals surface area contributed by atoms with Crippen LogP contribution in [-0.4, -0.2) is 29.5 Å². The standard InChI is InChI=1S/C20H22BN4.C11H6F2N.Ir/c1-22-13-15-24(17-22)21(19-9-5-3-6-10-19,20-11-7-4-8-12-20)25-16-14-23(2)18-25;12-8-4-5-9(10(13)7-8)11-3-1-2-6-14-11;/h3-18H,1-2H3;1-4,6-7H;/q+1;-1;. The van der Waals surface area contributed by atoms with Gasteiger partial charge in [-0.25, -0.2) is 9.13 Å². The summed E-state index contributed by atoms with van der Waals surface area (Å²) in [6, 6.07) is 31.0. The molecule has 0 amide bonds. The molecule has 6 rings (SSSR count). The molecule has 40 heavy (non-hydrogen) atoms. The molecular weight excluding hydrogens is 683 g/mol. The van der Waals surface area contributed by atoms with Gasteiger partial charge in [-0.15, -0.1) is 12.1 Å². The number of imidazole rings is 2. The summed E-state index contributed by atoms with van der Waals surface area (Å²) in [5.41, 5.74) is 3.17. The number of halogens is 2. The van der Waals surface area contributed by atoms with Crippen LogP contribution in [0.5, 0.6) is 0 Å². The van der Waals surface area contributed by atoms with Gasteiger partial charge in [0.2, 0.25) is 0 Å². The predicted molar refractivity (Wildman–Crippen MR) is 153 cm³/mol. The molecule has 0 aliphatic rings. The van der Waals surface area contributed by atoms with Crippen LogP contribution < -0.4 is 10.9 Å². The van der Waals surface area contributed by atoms with Gasteiger partial charge in [0.25, 0.3) is 0 Å². The first kappa shape index (κ1) is 28.8. The van der Waals surface area contributed by atoms with Crippen LogP contribution in [0.4, 0.5) is 8.78 Å². The van der Waals surface area contributed by atoms with Gasteiger partial charge in [-0.05, 0) is 11.8 Å². The zero-order valence-corrected chi connectivity index (χ0v) is 24.5. The van der Waals surface area contributed by atoms with Gasteiger partial charge < -0.3 is 13.9 Å². The van der Waals surface area contributed by atoms with Crippen molar-refractivity contribution in [3.05, 3.63) is 152 Å². The normalized spacial score (nSPS) is 10.8. The van der Waals surface area contributed by atoms with E-state index in [-0.39, 0.29) is 25.7 Å². The molecule has 3 aromatic heterocycles. The van der Waals surface area contributed by atoms with Gasteiger partial charge >= 0.3 is 6.42 Å². The first-order chi connectivity index (χ1) is 19.0. The quantitative estimate of drug-likeness (QED) is 0.183. The maximum Gasteiger partial charge on any atom is 0.302 e. The van der Waals surface area contributed by atoms with E-state index in [1.165, 1.54) is 10.9 Å². The number of pyridine rings is 1. The summed E-state index contributed by atoms with van der Waals surface area (Å²) in [7, 11) is 4.12. The molecule has 6 aromatic rings. The maximum absolute atomic E-state index is 13.2. The minimum absolute atomic E-state index is 0. The van der Waals surface area contributed by atoms with Crippen molar-refractivity contribution in [2.45, 2.75) is 0 Å². The molecule has 0 bridgehead atoms. The minimum Gasteiger partial charge on any atom is -0.366 e. The third-order valence-electron chi connectivity index (χ3n) is 6.75. The fourth-order valence-corrected chi connectivity index (χ4v) is 5.01. The molecule has 0 fully saturated rings. The van der Waals surface area contributed by atoms with Crippen molar-refractivity contribution in [3.8, 4) is 11.3 Å². The number of rotatable bonds is 5. The first-order valence-corrected chi connectivity index (χ1v) is 12.6. The van der Waals surface area contributed by atoms with Gasteiger partial charge in [0.05, 0.1) is 0 Å². The van der Waals surface area contributed by atoms with Crippen LogP contribution in [0.1, 0.15) is 0 Å². The molecule has 0 unspecified atom stereocenters. The van der Waals surface area contributed by atoms with Crippen LogP contribution in [0.15, 0.2) is 135 Å². The molecule has 0 N–H and O–H groups in total. The Morgan fingerprint density at radius 3 is 1.68 bits per heavy atom. The van der Waals surface area contributed by atoms with E-state index >= 15 is 0 Å². The third-order valence-corrected chi connectivity index (χ3v) is 6.75. The van der Waals surface area contributed by atoms with E-state index in [1.807, 2.05) is 0 Å². The largest absolute Gasteiger partial charge is 0.366 e. The number of benzene rings is 3. The maximum atomic E-state index is 13.2. The molecule has 0 aliphatic carbocycles. The fourth-order valence-electron chi connectivity index (χ4n) is 5.01. The van der Waals surface area contributed by atoms with Gasteiger partial charge in [-0.1, -0.05) is 84.4 Å².